The van der Waals surface area contributed by atoms with Crippen LogP contribution >= 0.6 is 11.8 Å². The number of amidine groups is 1. The Balaban J connectivity index is 2.19. The molecule has 1 heterocycles. The highest BCUT2D eigenvalue weighted by atomic mass is 32.2. The third-order valence-corrected chi connectivity index (χ3v) is 4.66. The summed E-state index contributed by atoms with van der Waals surface area (Å²) >= 11 is 1.82. The van der Waals surface area contributed by atoms with Crippen LogP contribution < -0.4 is 5.32 Å². The number of hydrogen-bond donors (Lipinski definition) is 1. The Bertz CT molecular complexity index is 484. The number of thioether (sulfide) groups is 1. The van der Waals surface area contributed by atoms with Gasteiger partial charge < -0.3 is 5.32 Å². The molecule has 1 N–H and O–H groups in total. The van der Waals surface area contributed by atoms with Crippen LogP contribution in [0.4, 0.5) is 5.69 Å². The minimum absolute atomic E-state index is 0.142. The van der Waals surface area contributed by atoms with Gasteiger partial charge in [0.05, 0.1) is 0 Å². The molecule has 1 aromatic rings. The van der Waals surface area contributed by atoms with Crippen molar-refractivity contribution in [3.63, 3.8) is 0 Å². The number of nitrogens with zero attached hydrogens (tertiary/aromatic N) is 1. The monoisotopic (exact) mass is 276 g/mol. The van der Waals surface area contributed by atoms with Crippen LogP contribution in [0.5, 0.6) is 0 Å². The topological polar surface area (TPSA) is 24.4 Å². The zero-order valence-electron chi connectivity index (χ0n) is 12.6. The van der Waals surface area contributed by atoms with Gasteiger partial charge in [-0.3, -0.25) is 4.99 Å². The number of anilines is 1. The van der Waals surface area contributed by atoms with Gasteiger partial charge in [-0.05, 0) is 22.5 Å². The average molecular weight is 276 g/mol. The molecule has 104 valence electrons. The molecule has 0 aromatic heterocycles. The summed E-state index contributed by atoms with van der Waals surface area (Å²) in [7, 11) is 0. The molecule has 0 fully saturated rings. The second-order valence-corrected chi connectivity index (χ2v) is 7.96. The van der Waals surface area contributed by atoms with Crippen molar-refractivity contribution in [1.82, 2.24) is 0 Å². The minimum atomic E-state index is 0.142. The fraction of sp³-hybridized carbons (Fsp3) is 0.562. The van der Waals surface area contributed by atoms with Crippen molar-refractivity contribution in [3.05, 3.63) is 29.8 Å². The second-order valence-electron chi connectivity index (χ2n) is 6.99. The molecule has 2 nitrogen and oxygen atoms in total. The van der Waals surface area contributed by atoms with Crippen LogP contribution in [-0.2, 0) is 5.41 Å². The summed E-state index contributed by atoms with van der Waals surface area (Å²) in [6.07, 6.45) is 0. The van der Waals surface area contributed by atoms with E-state index >= 15 is 0 Å². The lowest BCUT2D eigenvalue weighted by Crippen LogP contribution is -2.28. The van der Waals surface area contributed by atoms with E-state index in [2.05, 4.69) is 69.2 Å². The standard InChI is InChI=1S/C16H24N2S/c1-15(2,3)12-8-6-7-9-13(12)18-14-17-10-16(4,5)11-19-14/h6-9H,10-11H2,1-5H3,(H,17,18). The molecular formula is C16H24N2S. The predicted octanol–water partition coefficient (Wildman–Crippen LogP) is 4.53. The number of hydrogen-bond acceptors (Lipinski definition) is 3. The Labute approximate surface area is 121 Å². The highest BCUT2D eigenvalue weighted by Gasteiger charge is 2.24. The first-order valence-electron chi connectivity index (χ1n) is 6.82. The second kappa shape index (κ2) is 5.20. The maximum atomic E-state index is 4.67. The Morgan fingerprint density at radius 1 is 1.21 bits per heavy atom. The van der Waals surface area contributed by atoms with Gasteiger partial charge in [-0.25, -0.2) is 0 Å². The molecule has 19 heavy (non-hydrogen) atoms. The summed E-state index contributed by atoms with van der Waals surface area (Å²) < 4.78 is 0. The first-order chi connectivity index (χ1) is 8.78. The Kier molecular flexibility index (Phi) is 3.95. The van der Waals surface area contributed by atoms with Gasteiger partial charge in [-0.15, -0.1) is 0 Å². The number of benzene rings is 1. The molecule has 0 unspecified atom stereocenters. The molecule has 1 aliphatic rings. The van der Waals surface area contributed by atoms with Crippen molar-refractivity contribution in [1.29, 1.82) is 0 Å². The summed E-state index contributed by atoms with van der Waals surface area (Å²) in [6.45, 7) is 12.2. The maximum absolute atomic E-state index is 4.67. The van der Waals surface area contributed by atoms with E-state index in [1.165, 1.54) is 11.3 Å². The smallest absolute Gasteiger partial charge is 0.161 e. The largest absolute Gasteiger partial charge is 0.335 e. The lowest BCUT2D eigenvalue weighted by Gasteiger charge is -2.29. The third kappa shape index (κ3) is 3.75. The highest BCUT2D eigenvalue weighted by molar-refractivity contribution is 8.14. The molecule has 1 aliphatic heterocycles. The molecule has 0 atom stereocenters. The van der Waals surface area contributed by atoms with Crippen LogP contribution in [0.15, 0.2) is 29.3 Å². The quantitative estimate of drug-likeness (QED) is 0.815. The fourth-order valence-electron chi connectivity index (χ4n) is 2.08. The Morgan fingerprint density at radius 2 is 1.89 bits per heavy atom. The predicted molar refractivity (Wildman–Crippen MR) is 87.3 cm³/mol. The molecule has 0 radical (unpaired) electrons. The van der Waals surface area contributed by atoms with Crippen LogP contribution in [0.1, 0.15) is 40.2 Å². The summed E-state index contributed by atoms with van der Waals surface area (Å²) in [6, 6.07) is 8.52. The van der Waals surface area contributed by atoms with Gasteiger partial charge in [0, 0.05) is 18.0 Å². The van der Waals surface area contributed by atoms with E-state index in [9.17, 15) is 0 Å². The molecule has 1 aromatic carbocycles. The van der Waals surface area contributed by atoms with Gasteiger partial charge in [-0.2, -0.15) is 0 Å². The molecule has 0 saturated heterocycles. The summed E-state index contributed by atoms with van der Waals surface area (Å²) in [4.78, 5) is 4.67. The van der Waals surface area contributed by atoms with Crippen LogP contribution in [0.2, 0.25) is 0 Å². The van der Waals surface area contributed by atoms with E-state index in [4.69, 9.17) is 0 Å². The van der Waals surface area contributed by atoms with E-state index < -0.39 is 0 Å². The van der Waals surface area contributed by atoms with Crippen molar-refractivity contribution < 1.29 is 0 Å². The van der Waals surface area contributed by atoms with E-state index in [0.29, 0.717) is 5.41 Å². The van der Waals surface area contributed by atoms with Crippen molar-refractivity contribution in [3.8, 4) is 0 Å². The maximum Gasteiger partial charge on any atom is 0.161 e. The SMILES string of the molecule is CC1(C)CN=C(Nc2ccccc2C(C)(C)C)SC1. The Hall–Kier alpha value is -0.960. The van der Waals surface area contributed by atoms with Crippen LogP contribution in [-0.4, -0.2) is 17.5 Å². The van der Waals surface area contributed by atoms with Gasteiger partial charge in [0.15, 0.2) is 5.17 Å². The lowest BCUT2D eigenvalue weighted by atomic mass is 9.86. The van der Waals surface area contributed by atoms with Gasteiger partial charge in [0.25, 0.3) is 0 Å². The molecule has 2 rings (SSSR count). The molecule has 0 spiro atoms. The zero-order chi connectivity index (χ0) is 14.1. The molecule has 0 amide bonds. The summed E-state index contributed by atoms with van der Waals surface area (Å²) in [5.41, 5.74) is 2.98. The molecule has 0 aliphatic carbocycles. The van der Waals surface area contributed by atoms with E-state index in [1.54, 1.807) is 0 Å². The fourth-order valence-corrected chi connectivity index (χ4v) is 3.03. The number of nitrogens with one attached hydrogen (secondary N) is 1. The first-order valence-corrected chi connectivity index (χ1v) is 7.80. The molecule has 0 saturated carbocycles. The van der Waals surface area contributed by atoms with Crippen molar-refractivity contribution >= 4 is 22.6 Å². The molecular weight excluding hydrogens is 252 g/mol. The van der Waals surface area contributed by atoms with Crippen LogP contribution in [0.25, 0.3) is 0 Å². The molecule has 3 heteroatoms. The van der Waals surface area contributed by atoms with E-state index in [-0.39, 0.29) is 5.41 Å². The van der Waals surface area contributed by atoms with E-state index in [1.807, 2.05) is 11.8 Å². The minimum Gasteiger partial charge on any atom is -0.335 e. The van der Waals surface area contributed by atoms with Crippen LogP contribution in [0.3, 0.4) is 0 Å². The van der Waals surface area contributed by atoms with Gasteiger partial charge in [0.1, 0.15) is 0 Å². The number of aliphatic imine (C=N–C) groups is 1. The van der Waals surface area contributed by atoms with Crippen LogP contribution in [0, 0.1) is 5.41 Å². The van der Waals surface area contributed by atoms with E-state index in [0.717, 1.165) is 17.5 Å². The number of para-hydroxylation sites is 1. The lowest BCUT2D eigenvalue weighted by molar-refractivity contribution is 0.438. The van der Waals surface area contributed by atoms with Crippen molar-refractivity contribution in [2.24, 2.45) is 10.4 Å². The van der Waals surface area contributed by atoms with Crippen molar-refractivity contribution in [2.45, 2.75) is 40.0 Å². The summed E-state index contributed by atoms with van der Waals surface area (Å²) in [5.74, 6) is 1.12. The van der Waals surface area contributed by atoms with Gasteiger partial charge in [-0.1, -0.05) is 64.6 Å². The molecule has 0 bridgehead atoms. The van der Waals surface area contributed by atoms with Crippen molar-refractivity contribution in [2.75, 3.05) is 17.6 Å². The van der Waals surface area contributed by atoms with Gasteiger partial charge in [0.2, 0.25) is 0 Å². The first kappa shape index (κ1) is 14.4. The average Bonchev–Trinajstić information content (AvgIpc) is 2.31. The van der Waals surface area contributed by atoms with Gasteiger partial charge >= 0.3 is 0 Å². The number of rotatable bonds is 1. The highest BCUT2D eigenvalue weighted by Crippen LogP contribution is 2.32. The zero-order valence-corrected chi connectivity index (χ0v) is 13.4. The normalized spacial score (nSPS) is 18.9. The Morgan fingerprint density at radius 3 is 2.47 bits per heavy atom. The third-order valence-electron chi connectivity index (χ3n) is 3.23. The summed E-state index contributed by atoms with van der Waals surface area (Å²) in [5, 5.41) is 4.56.